The van der Waals surface area contributed by atoms with Crippen LogP contribution in [0.3, 0.4) is 0 Å². The summed E-state index contributed by atoms with van der Waals surface area (Å²) >= 11 is 0. The predicted octanol–water partition coefficient (Wildman–Crippen LogP) is 4.22. The third-order valence-electron chi connectivity index (χ3n) is 6.05. The van der Waals surface area contributed by atoms with E-state index in [9.17, 15) is 9.59 Å². The molecule has 6 nitrogen and oxygen atoms in total. The van der Waals surface area contributed by atoms with Crippen LogP contribution >= 0.6 is 0 Å². The van der Waals surface area contributed by atoms with Crippen molar-refractivity contribution in [3.05, 3.63) is 53.5 Å². The van der Waals surface area contributed by atoms with Crippen molar-refractivity contribution in [3.8, 4) is 0 Å². The maximum absolute atomic E-state index is 12.9. The summed E-state index contributed by atoms with van der Waals surface area (Å²) in [6.45, 7) is 2.52. The van der Waals surface area contributed by atoms with Gasteiger partial charge in [-0.15, -0.1) is 0 Å². The zero-order valence-corrected chi connectivity index (χ0v) is 17.6. The van der Waals surface area contributed by atoms with Gasteiger partial charge in [0.15, 0.2) is 5.76 Å². The second-order valence-corrected chi connectivity index (χ2v) is 8.18. The lowest BCUT2D eigenvalue weighted by molar-refractivity contribution is 0.0868. The van der Waals surface area contributed by atoms with Crippen molar-refractivity contribution in [1.29, 1.82) is 0 Å². The first-order valence-corrected chi connectivity index (χ1v) is 10.3. The molecule has 2 amide bonds. The van der Waals surface area contributed by atoms with Crippen LogP contribution in [0.25, 0.3) is 0 Å². The van der Waals surface area contributed by atoms with Crippen LogP contribution in [-0.2, 0) is 0 Å². The molecule has 1 aromatic heterocycles. The van der Waals surface area contributed by atoms with Gasteiger partial charge in [-0.05, 0) is 63.7 Å². The molecule has 0 bridgehead atoms. The third kappa shape index (κ3) is 5.07. The largest absolute Gasteiger partial charge is 0.459 e. The Kier molecular flexibility index (Phi) is 6.75. The van der Waals surface area contributed by atoms with Crippen molar-refractivity contribution in [2.45, 2.75) is 51.0 Å². The molecule has 156 valence electrons. The molecule has 0 unspecified atom stereocenters. The minimum Gasteiger partial charge on any atom is -0.459 e. The van der Waals surface area contributed by atoms with Crippen LogP contribution in [0.4, 0.5) is 5.69 Å². The SMILES string of the molecule is Cc1ccc(C(=O)NCC2(N(C)C)CCCCCC2)cc1NC(=O)c1ccco1. The maximum Gasteiger partial charge on any atom is 0.291 e. The van der Waals surface area contributed by atoms with Crippen molar-refractivity contribution < 1.29 is 14.0 Å². The number of furan rings is 1. The molecule has 0 aliphatic heterocycles. The van der Waals surface area contributed by atoms with Gasteiger partial charge in [-0.1, -0.05) is 31.7 Å². The Labute approximate surface area is 172 Å². The number of carbonyl (C=O) groups is 2. The Bertz CT molecular complexity index is 835. The van der Waals surface area contributed by atoms with Crippen molar-refractivity contribution in [3.63, 3.8) is 0 Å². The number of benzene rings is 1. The molecule has 1 heterocycles. The zero-order chi connectivity index (χ0) is 20.9. The number of nitrogens with zero attached hydrogens (tertiary/aromatic N) is 1. The predicted molar refractivity (Wildman–Crippen MR) is 114 cm³/mol. The summed E-state index contributed by atoms with van der Waals surface area (Å²) in [7, 11) is 4.21. The molecule has 29 heavy (non-hydrogen) atoms. The van der Waals surface area contributed by atoms with Crippen molar-refractivity contribution >= 4 is 17.5 Å². The highest BCUT2D eigenvalue weighted by molar-refractivity contribution is 6.03. The number of hydrogen-bond donors (Lipinski definition) is 2. The summed E-state index contributed by atoms with van der Waals surface area (Å²) in [5, 5.41) is 5.96. The molecule has 2 aromatic rings. The van der Waals surface area contributed by atoms with Crippen molar-refractivity contribution in [2.24, 2.45) is 0 Å². The summed E-state index contributed by atoms with van der Waals surface area (Å²) in [5.74, 6) is -0.217. The van der Waals surface area contributed by atoms with Crippen LogP contribution in [0.5, 0.6) is 0 Å². The van der Waals surface area contributed by atoms with Crippen LogP contribution in [0.2, 0.25) is 0 Å². The standard InChI is InChI=1S/C23H31N3O3/c1-17-10-11-18(15-19(17)25-22(28)20-9-8-14-29-20)21(27)24-16-23(26(2)3)12-6-4-5-7-13-23/h8-11,14-15H,4-7,12-13,16H2,1-3H3,(H,24,27)(H,25,28). The second-order valence-electron chi connectivity index (χ2n) is 8.18. The van der Waals surface area contributed by atoms with E-state index in [2.05, 4.69) is 29.6 Å². The lowest BCUT2D eigenvalue weighted by atomic mass is 9.88. The van der Waals surface area contributed by atoms with E-state index in [0.717, 1.165) is 18.4 Å². The molecule has 3 rings (SSSR count). The van der Waals surface area contributed by atoms with Gasteiger partial charge < -0.3 is 20.0 Å². The number of aryl methyl sites for hydroxylation is 1. The number of amides is 2. The summed E-state index contributed by atoms with van der Waals surface area (Å²) in [6.07, 6.45) is 8.57. The zero-order valence-electron chi connectivity index (χ0n) is 17.6. The summed E-state index contributed by atoms with van der Waals surface area (Å²) in [6, 6.07) is 8.64. The fourth-order valence-corrected chi connectivity index (χ4v) is 4.01. The van der Waals surface area contributed by atoms with Gasteiger partial charge in [0.05, 0.1) is 6.26 Å². The third-order valence-corrected chi connectivity index (χ3v) is 6.05. The average Bonchev–Trinajstić information content (AvgIpc) is 3.13. The molecular weight excluding hydrogens is 366 g/mol. The van der Waals surface area contributed by atoms with Gasteiger partial charge in [-0.3, -0.25) is 9.59 Å². The van der Waals surface area contributed by atoms with Crippen LogP contribution in [0, 0.1) is 6.92 Å². The molecule has 0 radical (unpaired) electrons. The molecule has 1 saturated carbocycles. The molecule has 2 N–H and O–H groups in total. The molecule has 0 atom stereocenters. The molecule has 1 fully saturated rings. The Hall–Kier alpha value is -2.60. The average molecular weight is 398 g/mol. The summed E-state index contributed by atoms with van der Waals surface area (Å²) in [5.41, 5.74) is 2.03. The topological polar surface area (TPSA) is 74.6 Å². The highest BCUT2D eigenvalue weighted by atomic mass is 16.3. The first-order chi connectivity index (χ1) is 13.9. The van der Waals surface area contributed by atoms with Gasteiger partial charge >= 0.3 is 0 Å². The number of hydrogen-bond acceptors (Lipinski definition) is 4. The van der Waals surface area contributed by atoms with Gasteiger partial charge in [-0.25, -0.2) is 0 Å². The maximum atomic E-state index is 12.9. The molecular formula is C23H31N3O3. The van der Waals surface area contributed by atoms with E-state index < -0.39 is 0 Å². The van der Waals surface area contributed by atoms with E-state index in [1.165, 1.54) is 31.9 Å². The highest BCUT2D eigenvalue weighted by Crippen LogP contribution is 2.30. The normalized spacial score (nSPS) is 16.3. The van der Waals surface area contributed by atoms with E-state index in [4.69, 9.17) is 4.42 Å². The highest BCUT2D eigenvalue weighted by Gasteiger charge is 2.33. The smallest absolute Gasteiger partial charge is 0.291 e. The first kappa shape index (κ1) is 21.1. The first-order valence-electron chi connectivity index (χ1n) is 10.3. The van der Waals surface area contributed by atoms with Crippen LogP contribution in [0.15, 0.2) is 41.0 Å². The summed E-state index contributed by atoms with van der Waals surface area (Å²) in [4.78, 5) is 27.4. The van der Waals surface area contributed by atoms with E-state index in [1.807, 2.05) is 13.0 Å². The van der Waals surface area contributed by atoms with E-state index >= 15 is 0 Å². The van der Waals surface area contributed by atoms with Crippen molar-refractivity contribution in [1.82, 2.24) is 10.2 Å². The molecule has 1 aliphatic rings. The van der Waals surface area contributed by atoms with Crippen LogP contribution in [-0.4, -0.2) is 42.9 Å². The molecule has 1 aliphatic carbocycles. The fourth-order valence-electron chi connectivity index (χ4n) is 4.01. The Morgan fingerprint density at radius 1 is 1.07 bits per heavy atom. The Morgan fingerprint density at radius 2 is 1.79 bits per heavy atom. The van der Waals surface area contributed by atoms with Gasteiger partial charge in [0.2, 0.25) is 0 Å². The molecule has 0 spiro atoms. The number of rotatable bonds is 6. The van der Waals surface area contributed by atoms with Crippen LogP contribution < -0.4 is 10.6 Å². The van der Waals surface area contributed by atoms with Crippen LogP contribution in [0.1, 0.15) is 65.0 Å². The molecule has 6 heteroatoms. The Morgan fingerprint density at radius 3 is 2.41 bits per heavy atom. The van der Waals surface area contributed by atoms with Gasteiger partial charge in [-0.2, -0.15) is 0 Å². The summed E-state index contributed by atoms with van der Waals surface area (Å²) < 4.78 is 5.14. The van der Waals surface area contributed by atoms with Gasteiger partial charge in [0, 0.05) is 23.3 Å². The lowest BCUT2D eigenvalue weighted by Gasteiger charge is -2.39. The van der Waals surface area contributed by atoms with E-state index in [1.54, 1.807) is 24.3 Å². The van der Waals surface area contributed by atoms with Gasteiger partial charge in [0.1, 0.15) is 0 Å². The number of likely N-dealkylation sites (N-methyl/N-ethyl adjacent to an activating group) is 1. The second kappa shape index (κ2) is 9.27. The minimum absolute atomic E-state index is 0.00713. The quantitative estimate of drug-likeness (QED) is 0.716. The lowest BCUT2D eigenvalue weighted by Crippen LogP contribution is -2.52. The number of carbonyl (C=O) groups excluding carboxylic acids is 2. The van der Waals surface area contributed by atoms with E-state index in [0.29, 0.717) is 17.8 Å². The van der Waals surface area contributed by atoms with Gasteiger partial charge in [0.25, 0.3) is 11.8 Å². The number of nitrogens with one attached hydrogen (secondary N) is 2. The molecule has 1 aromatic carbocycles. The monoisotopic (exact) mass is 397 g/mol. The molecule has 0 saturated heterocycles. The van der Waals surface area contributed by atoms with Crippen molar-refractivity contribution in [2.75, 3.05) is 26.0 Å². The Balaban J connectivity index is 1.69. The van der Waals surface area contributed by atoms with E-state index in [-0.39, 0.29) is 23.1 Å². The number of anilines is 1. The minimum atomic E-state index is -0.333. The fraction of sp³-hybridized carbons (Fsp3) is 0.478.